The van der Waals surface area contributed by atoms with Crippen LogP contribution in [-0.4, -0.2) is 41.9 Å². The Morgan fingerprint density at radius 3 is 2.29 bits per heavy atom. The minimum absolute atomic E-state index is 0.0435. The number of amides is 1. The summed E-state index contributed by atoms with van der Waals surface area (Å²) in [6, 6.07) is 4.89. The molecule has 0 bridgehead atoms. The number of nitro benzene ring substituents is 1. The molecule has 2 fully saturated rings. The molecule has 6 nitrogen and oxygen atoms in total. The summed E-state index contributed by atoms with van der Waals surface area (Å²) in [5.41, 5.74) is 1.10. The lowest BCUT2D eigenvalue weighted by molar-refractivity contribution is -0.384. The zero-order valence-corrected chi connectivity index (χ0v) is 12.0. The van der Waals surface area contributed by atoms with E-state index in [1.54, 1.807) is 17.0 Å². The number of benzene rings is 1. The van der Waals surface area contributed by atoms with Crippen LogP contribution in [-0.2, 0) is 0 Å². The van der Waals surface area contributed by atoms with Gasteiger partial charge in [0.1, 0.15) is 5.69 Å². The molecule has 0 spiro atoms. The summed E-state index contributed by atoms with van der Waals surface area (Å²) in [6.07, 6.45) is 4.15. The van der Waals surface area contributed by atoms with Crippen LogP contribution in [0.3, 0.4) is 0 Å². The Balaban J connectivity index is 1.91. The number of likely N-dealkylation sites (tertiary alicyclic amines) is 1. The van der Waals surface area contributed by atoms with E-state index in [4.69, 9.17) is 0 Å². The van der Waals surface area contributed by atoms with Crippen LogP contribution < -0.4 is 4.90 Å². The van der Waals surface area contributed by atoms with E-state index in [1.165, 1.54) is 6.07 Å². The van der Waals surface area contributed by atoms with Gasteiger partial charge in [-0.3, -0.25) is 14.9 Å². The van der Waals surface area contributed by atoms with Gasteiger partial charge in [-0.05, 0) is 37.8 Å². The largest absolute Gasteiger partial charge is 0.366 e. The predicted octanol–water partition coefficient (Wildman–Crippen LogP) is 2.43. The summed E-state index contributed by atoms with van der Waals surface area (Å²) in [4.78, 5) is 27.1. The summed E-state index contributed by atoms with van der Waals surface area (Å²) in [5.74, 6) is -0.0939. The van der Waals surface area contributed by atoms with E-state index in [-0.39, 0.29) is 16.5 Å². The summed E-state index contributed by atoms with van der Waals surface area (Å²) in [7, 11) is 0. The fraction of sp³-hybridized carbons (Fsp3) is 0.533. The summed E-state index contributed by atoms with van der Waals surface area (Å²) in [6.45, 7) is 3.20. The molecule has 1 aromatic rings. The van der Waals surface area contributed by atoms with E-state index in [0.717, 1.165) is 51.9 Å². The van der Waals surface area contributed by atoms with E-state index in [9.17, 15) is 14.9 Å². The maximum atomic E-state index is 12.3. The summed E-state index contributed by atoms with van der Waals surface area (Å²) >= 11 is 0. The number of carbonyl (C=O) groups is 1. The molecule has 3 rings (SSSR count). The minimum Gasteiger partial charge on any atom is -0.366 e. The van der Waals surface area contributed by atoms with Gasteiger partial charge in [-0.1, -0.05) is 0 Å². The Morgan fingerprint density at radius 2 is 1.67 bits per heavy atom. The molecule has 2 aliphatic heterocycles. The zero-order chi connectivity index (χ0) is 14.8. The highest BCUT2D eigenvalue weighted by Gasteiger charge is 2.26. The highest BCUT2D eigenvalue weighted by atomic mass is 16.6. The van der Waals surface area contributed by atoms with Crippen LogP contribution in [0, 0.1) is 10.1 Å². The molecule has 0 atom stereocenters. The lowest BCUT2D eigenvalue weighted by atomic mass is 10.1. The number of carbonyl (C=O) groups excluding carboxylic acids is 1. The van der Waals surface area contributed by atoms with Crippen LogP contribution in [0.2, 0.25) is 0 Å². The van der Waals surface area contributed by atoms with Gasteiger partial charge in [0.25, 0.3) is 11.6 Å². The summed E-state index contributed by atoms with van der Waals surface area (Å²) < 4.78 is 0. The lowest BCUT2D eigenvalue weighted by Gasteiger charge is -2.19. The van der Waals surface area contributed by atoms with E-state index < -0.39 is 0 Å². The molecule has 2 saturated heterocycles. The van der Waals surface area contributed by atoms with Crippen molar-refractivity contribution in [3.8, 4) is 0 Å². The van der Waals surface area contributed by atoms with Gasteiger partial charge in [0.15, 0.2) is 0 Å². The van der Waals surface area contributed by atoms with E-state index in [1.807, 2.05) is 4.90 Å². The fourth-order valence-corrected chi connectivity index (χ4v) is 3.13. The molecule has 1 aromatic carbocycles. The Labute approximate surface area is 123 Å². The van der Waals surface area contributed by atoms with Crippen molar-refractivity contribution in [2.24, 2.45) is 0 Å². The first-order chi connectivity index (χ1) is 10.2. The standard InChI is InChI=1S/C15H19N3O3/c19-15(17-9-3-4-10-17)12-5-6-13(14(11-12)18(20)21)16-7-1-2-8-16/h5-6,11H,1-4,7-10H2. The molecule has 112 valence electrons. The summed E-state index contributed by atoms with van der Waals surface area (Å²) in [5, 5.41) is 11.3. The lowest BCUT2D eigenvalue weighted by Crippen LogP contribution is -2.28. The Morgan fingerprint density at radius 1 is 1.05 bits per heavy atom. The molecule has 0 saturated carbocycles. The average Bonchev–Trinajstić information content (AvgIpc) is 3.19. The molecule has 21 heavy (non-hydrogen) atoms. The topological polar surface area (TPSA) is 66.7 Å². The second-order valence-corrected chi connectivity index (χ2v) is 5.65. The molecule has 0 unspecified atom stereocenters. The van der Waals surface area contributed by atoms with Gasteiger partial charge in [-0.2, -0.15) is 0 Å². The zero-order valence-electron chi connectivity index (χ0n) is 12.0. The molecule has 2 heterocycles. The fourth-order valence-electron chi connectivity index (χ4n) is 3.13. The number of nitro groups is 1. The number of hydrogen-bond donors (Lipinski definition) is 0. The number of rotatable bonds is 3. The van der Waals surface area contributed by atoms with Crippen LogP contribution in [0.25, 0.3) is 0 Å². The Kier molecular flexibility index (Phi) is 3.77. The highest BCUT2D eigenvalue weighted by Crippen LogP contribution is 2.32. The number of hydrogen-bond acceptors (Lipinski definition) is 4. The van der Waals surface area contributed by atoms with Gasteiger partial charge in [-0.25, -0.2) is 0 Å². The monoisotopic (exact) mass is 289 g/mol. The van der Waals surface area contributed by atoms with Crippen molar-refractivity contribution in [3.05, 3.63) is 33.9 Å². The maximum Gasteiger partial charge on any atom is 0.293 e. The van der Waals surface area contributed by atoms with Gasteiger partial charge in [0.05, 0.1) is 4.92 Å². The smallest absolute Gasteiger partial charge is 0.293 e. The molecule has 0 aliphatic carbocycles. The second-order valence-electron chi connectivity index (χ2n) is 5.65. The Bertz CT molecular complexity index is 561. The van der Waals surface area contributed by atoms with Gasteiger partial charge < -0.3 is 9.80 Å². The molecule has 6 heteroatoms. The van der Waals surface area contributed by atoms with Crippen LogP contribution in [0.15, 0.2) is 18.2 Å². The number of nitrogens with zero attached hydrogens (tertiary/aromatic N) is 3. The van der Waals surface area contributed by atoms with Crippen LogP contribution in [0.1, 0.15) is 36.0 Å². The van der Waals surface area contributed by atoms with E-state index in [2.05, 4.69) is 0 Å². The van der Waals surface area contributed by atoms with Crippen LogP contribution in [0.4, 0.5) is 11.4 Å². The molecule has 1 amide bonds. The van der Waals surface area contributed by atoms with Crippen molar-refractivity contribution in [1.29, 1.82) is 0 Å². The van der Waals surface area contributed by atoms with Gasteiger partial charge in [0.2, 0.25) is 0 Å². The second kappa shape index (κ2) is 5.71. The van der Waals surface area contributed by atoms with E-state index in [0.29, 0.717) is 11.3 Å². The third kappa shape index (κ3) is 2.70. The van der Waals surface area contributed by atoms with Crippen LogP contribution >= 0.6 is 0 Å². The molecule has 0 aromatic heterocycles. The SMILES string of the molecule is O=C(c1ccc(N2CCCC2)c([N+](=O)[O-])c1)N1CCCC1. The minimum atomic E-state index is -0.381. The highest BCUT2D eigenvalue weighted by molar-refractivity contribution is 5.96. The van der Waals surface area contributed by atoms with E-state index >= 15 is 0 Å². The third-order valence-corrected chi connectivity index (χ3v) is 4.26. The molecule has 0 radical (unpaired) electrons. The first-order valence-corrected chi connectivity index (χ1v) is 7.49. The van der Waals surface area contributed by atoms with Crippen LogP contribution in [0.5, 0.6) is 0 Å². The van der Waals surface area contributed by atoms with Crippen molar-refractivity contribution in [3.63, 3.8) is 0 Å². The van der Waals surface area contributed by atoms with Crippen molar-refractivity contribution < 1.29 is 9.72 Å². The third-order valence-electron chi connectivity index (χ3n) is 4.26. The Hall–Kier alpha value is -2.11. The normalized spacial score (nSPS) is 18.3. The van der Waals surface area contributed by atoms with Gasteiger partial charge in [0, 0.05) is 37.8 Å². The molecule has 0 N–H and O–H groups in total. The van der Waals surface area contributed by atoms with Crippen molar-refractivity contribution in [1.82, 2.24) is 4.90 Å². The number of anilines is 1. The molecular formula is C15H19N3O3. The van der Waals surface area contributed by atoms with Crippen molar-refractivity contribution in [2.45, 2.75) is 25.7 Å². The molecular weight excluding hydrogens is 270 g/mol. The van der Waals surface area contributed by atoms with Crippen molar-refractivity contribution >= 4 is 17.3 Å². The molecule has 2 aliphatic rings. The van der Waals surface area contributed by atoms with Gasteiger partial charge >= 0.3 is 0 Å². The predicted molar refractivity (Wildman–Crippen MR) is 79.7 cm³/mol. The average molecular weight is 289 g/mol. The van der Waals surface area contributed by atoms with Gasteiger partial charge in [-0.15, -0.1) is 0 Å². The first-order valence-electron chi connectivity index (χ1n) is 7.49. The first kappa shape index (κ1) is 13.9. The quantitative estimate of drug-likeness (QED) is 0.633. The maximum absolute atomic E-state index is 12.3. The van der Waals surface area contributed by atoms with Crippen molar-refractivity contribution in [2.75, 3.05) is 31.1 Å².